The highest BCUT2D eigenvalue weighted by Crippen LogP contribution is 2.38. The van der Waals surface area contributed by atoms with E-state index in [1.165, 1.54) is 6.07 Å². The number of ether oxygens (including phenoxy) is 1. The molecule has 0 bridgehead atoms. The lowest BCUT2D eigenvalue weighted by molar-refractivity contribution is 0.0294. The second-order valence-electron chi connectivity index (χ2n) is 8.67. The minimum Gasteiger partial charge on any atom is -0.444 e. The molecule has 0 saturated heterocycles. The molecule has 1 saturated carbocycles. The number of hydrogen-bond acceptors (Lipinski definition) is 4. The van der Waals surface area contributed by atoms with Crippen molar-refractivity contribution in [2.45, 2.75) is 45.1 Å². The monoisotopic (exact) mass is 371 g/mol. The zero-order valence-corrected chi connectivity index (χ0v) is 16.0. The third kappa shape index (κ3) is 3.77. The van der Waals surface area contributed by atoms with Crippen molar-refractivity contribution in [3.05, 3.63) is 44.9 Å². The van der Waals surface area contributed by atoms with Gasteiger partial charge in [-0.2, -0.15) is 0 Å². The number of aromatic nitrogens is 1. The SMILES string of the molecule is CC(C)(C)OC(=O)N1CC2=C(C1)CN(C(=O)c1cc(C3CC3)[nH]c(=O)c1)C2. The normalized spacial score (nSPS) is 19.5. The van der Waals surface area contributed by atoms with Gasteiger partial charge in [0.25, 0.3) is 5.91 Å². The van der Waals surface area contributed by atoms with Gasteiger partial charge in [0.05, 0.1) is 0 Å². The van der Waals surface area contributed by atoms with Crippen LogP contribution in [0.25, 0.3) is 0 Å². The summed E-state index contributed by atoms with van der Waals surface area (Å²) in [5.74, 6) is 0.260. The topological polar surface area (TPSA) is 82.7 Å². The predicted molar refractivity (Wildman–Crippen MR) is 99.8 cm³/mol. The summed E-state index contributed by atoms with van der Waals surface area (Å²) in [5.41, 5.74) is 2.76. The van der Waals surface area contributed by atoms with Gasteiger partial charge in [0.2, 0.25) is 5.56 Å². The van der Waals surface area contributed by atoms with Crippen molar-refractivity contribution < 1.29 is 14.3 Å². The molecule has 1 N–H and O–H groups in total. The van der Waals surface area contributed by atoms with Crippen LogP contribution in [-0.4, -0.2) is 58.6 Å². The molecule has 1 aromatic rings. The Morgan fingerprint density at radius 2 is 1.63 bits per heavy atom. The summed E-state index contributed by atoms with van der Waals surface area (Å²) < 4.78 is 5.43. The second kappa shape index (κ2) is 6.25. The smallest absolute Gasteiger partial charge is 0.410 e. The first-order valence-electron chi connectivity index (χ1n) is 9.41. The van der Waals surface area contributed by atoms with Crippen molar-refractivity contribution >= 4 is 12.0 Å². The van der Waals surface area contributed by atoms with Gasteiger partial charge >= 0.3 is 6.09 Å². The van der Waals surface area contributed by atoms with Gasteiger partial charge in [0, 0.05) is 43.5 Å². The van der Waals surface area contributed by atoms with Gasteiger partial charge < -0.3 is 19.5 Å². The Kier molecular flexibility index (Phi) is 4.13. The van der Waals surface area contributed by atoms with E-state index < -0.39 is 5.60 Å². The number of aromatic amines is 1. The number of nitrogens with zero attached hydrogens (tertiary/aromatic N) is 2. The number of pyridine rings is 1. The summed E-state index contributed by atoms with van der Waals surface area (Å²) >= 11 is 0. The second-order valence-corrected chi connectivity index (χ2v) is 8.67. The van der Waals surface area contributed by atoms with Crippen molar-refractivity contribution in [2.24, 2.45) is 0 Å². The quantitative estimate of drug-likeness (QED) is 0.809. The highest BCUT2D eigenvalue weighted by Gasteiger charge is 2.36. The highest BCUT2D eigenvalue weighted by molar-refractivity contribution is 5.95. The lowest BCUT2D eigenvalue weighted by Crippen LogP contribution is -2.39. The molecule has 1 aromatic heterocycles. The maximum absolute atomic E-state index is 12.9. The molecule has 1 fully saturated rings. The molecule has 2 aliphatic heterocycles. The van der Waals surface area contributed by atoms with E-state index in [0.29, 0.717) is 37.7 Å². The Balaban J connectivity index is 1.40. The van der Waals surface area contributed by atoms with E-state index in [2.05, 4.69) is 4.98 Å². The fraction of sp³-hybridized carbons (Fsp3) is 0.550. The standard InChI is InChI=1S/C20H25N3O4/c1-20(2,3)27-19(26)23-10-14-8-22(9-15(14)11-23)18(25)13-6-16(12-4-5-12)21-17(24)7-13/h6-7,12H,4-5,8-11H2,1-3H3,(H,21,24). The molecule has 3 heterocycles. The van der Waals surface area contributed by atoms with E-state index in [1.807, 2.05) is 26.8 Å². The zero-order chi connectivity index (χ0) is 19.3. The average molecular weight is 371 g/mol. The van der Waals surface area contributed by atoms with E-state index >= 15 is 0 Å². The van der Waals surface area contributed by atoms with Crippen molar-refractivity contribution in [1.82, 2.24) is 14.8 Å². The first-order chi connectivity index (χ1) is 12.7. The summed E-state index contributed by atoms with van der Waals surface area (Å²) in [6.45, 7) is 7.53. The van der Waals surface area contributed by atoms with Gasteiger partial charge in [-0.1, -0.05) is 0 Å². The molecule has 0 spiro atoms. The number of nitrogens with one attached hydrogen (secondary N) is 1. The van der Waals surface area contributed by atoms with Crippen LogP contribution in [0.1, 0.15) is 55.6 Å². The molecule has 0 unspecified atom stereocenters. The molecule has 144 valence electrons. The number of carbonyl (C=O) groups excluding carboxylic acids is 2. The molecule has 2 amide bonds. The fourth-order valence-corrected chi connectivity index (χ4v) is 3.66. The Bertz CT molecular complexity index is 871. The molecule has 7 heteroatoms. The predicted octanol–water partition coefficient (Wildman–Crippen LogP) is 2.26. The van der Waals surface area contributed by atoms with Gasteiger partial charge in [-0.25, -0.2) is 4.79 Å². The largest absolute Gasteiger partial charge is 0.444 e. The van der Waals surface area contributed by atoms with Crippen LogP contribution in [-0.2, 0) is 4.74 Å². The number of H-pyrrole nitrogens is 1. The Morgan fingerprint density at radius 3 is 2.19 bits per heavy atom. The minimum atomic E-state index is -0.522. The van der Waals surface area contributed by atoms with Gasteiger partial charge in [0.15, 0.2) is 0 Å². The van der Waals surface area contributed by atoms with Crippen LogP contribution in [0.15, 0.2) is 28.1 Å². The number of amides is 2. The average Bonchev–Trinajstić information content (AvgIpc) is 3.22. The molecule has 7 nitrogen and oxygen atoms in total. The Morgan fingerprint density at radius 1 is 1.04 bits per heavy atom. The van der Waals surface area contributed by atoms with Crippen molar-refractivity contribution in [1.29, 1.82) is 0 Å². The van der Waals surface area contributed by atoms with E-state index in [1.54, 1.807) is 9.80 Å². The first-order valence-corrected chi connectivity index (χ1v) is 9.41. The maximum atomic E-state index is 12.9. The number of carbonyl (C=O) groups is 2. The van der Waals surface area contributed by atoms with E-state index in [0.717, 1.165) is 29.7 Å². The summed E-state index contributed by atoms with van der Waals surface area (Å²) in [4.78, 5) is 43.3. The first kappa shape index (κ1) is 17.8. The minimum absolute atomic E-state index is 0.124. The van der Waals surface area contributed by atoms with Crippen LogP contribution >= 0.6 is 0 Å². The lowest BCUT2D eigenvalue weighted by atomic mass is 10.1. The van der Waals surface area contributed by atoms with Crippen LogP contribution in [0.5, 0.6) is 0 Å². The van der Waals surface area contributed by atoms with Crippen LogP contribution in [0.4, 0.5) is 4.79 Å². The summed E-state index contributed by atoms with van der Waals surface area (Å²) in [7, 11) is 0. The van der Waals surface area contributed by atoms with Gasteiger partial charge in [-0.05, 0) is 56.7 Å². The Labute approximate surface area is 158 Å². The molecule has 27 heavy (non-hydrogen) atoms. The highest BCUT2D eigenvalue weighted by atomic mass is 16.6. The summed E-state index contributed by atoms with van der Waals surface area (Å²) in [5, 5.41) is 0. The van der Waals surface area contributed by atoms with Crippen LogP contribution in [0, 0.1) is 0 Å². The third-order valence-electron chi connectivity index (χ3n) is 5.10. The molecule has 0 atom stereocenters. The van der Waals surface area contributed by atoms with Crippen molar-refractivity contribution in [3.8, 4) is 0 Å². The zero-order valence-electron chi connectivity index (χ0n) is 16.0. The number of rotatable bonds is 2. The molecular formula is C20H25N3O4. The molecule has 3 aliphatic rings. The lowest BCUT2D eigenvalue weighted by Gasteiger charge is -2.26. The maximum Gasteiger partial charge on any atom is 0.410 e. The molecule has 0 aromatic carbocycles. The third-order valence-corrected chi connectivity index (χ3v) is 5.10. The van der Waals surface area contributed by atoms with Crippen molar-refractivity contribution in [2.75, 3.05) is 26.2 Å². The fourth-order valence-electron chi connectivity index (χ4n) is 3.66. The van der Waals surface area contributed by atoms with Crippen molar-refractivity contribution in [3.63, 3.8) is 0 Å². The molecule has 1 aliphatic carbocycles. The van der Waals surface area contributed by atoms with E-state index in [9.17, 15) is 14.4 Å². The van der Waals surface area contributed by atoms with E-state index in [4.69, 9.17) is 4.74 Å². The van der Waals surface area contributed by atoms with E-state index in [-0.39, 0.29) is 17.6 Å². The summed E-state index contributed by atoms with van der Waals surface area (Å²) in [6, 6.07) is 3.20. The molecule has 4 rings (SSSR count). The van der Waals surface area contributed by atoms with Gasteiger partial charge in [-0.3, -0.25) is 9.59 Å². The van der Waals surface area contributed by atoms with Crippen LogP contribution in [0.3, 0.4) is 0 Å². The van der Waals surface area contributed by atoms with Gasteiger partial charge in [-0.15, -0.1) is 0 Å². The molecular weight excluding hydrogens is 346 g/mol. The Hall–Kier alpha value is -2.57. The number of hydrogen-bond donors (Lipinski definition) is 1. The van der Waals surface area contributed by atoms with Crippen LogP contribution in [0.2, 0.25) is 0 Å². The van der Waals surface area contributed by atoms with Gasteiger partial charge in [0.1, 0.15) is 5.60 Å². The summed E-state index contributed by atoms with van der Waals surface area (Å²) in [6.07, 6.45) is 1.81. The van der Waals surface area contributed by atoms with Crippen LogP contribution < -0.4 is 5.56 Å². The molecule has 0 radical (unpaired) electrons.